The Morgan fingerprint density at radius 2 is 2.18 bits per heavy atom. The number of aromatic nitrogens is 3. The highest BCUT2D eigenvalue weighted by Crippen LogP contribution is 2.45. The Morgan fingerprint density at radius 3 is 2.91 bits per heavy atom. The number of nitrogens with one attached hydrogen (secondary N) is 2. The van der Waals surface area contributed by atoms with E-state index in [0.29, 0.717) is 27.5 Å². The first-order valence-corrected chi connectivity index (χ1v) is 13.3. The van der Waals surface area contributed by atoms with Gasteiger partial charge in [-0.15, -0.1) is 16.4 Å². The predicted molar refractivity (Wildman–Crippen MR) is 135 cm³/mol. The van der Waals surface area contributed by atoms with Crippen LogP contribution in [0.15, 0.2) is 35.5 Å². The molecule has 0 saturated heterocycles. The maximum Gasteiger partial charge on any atom is 0.235 e. The quantitative estimate of drug-likeness (QED) is 0.375. The third-order valence-electron chi connectivity index (χ3n) is 6.61. The average Bonchev–Trinajstić information content (AvgIpc) is 3.45. The summed E-state index contributed by atoms with van der Waals surface area (Å²) in [7, 11) is 0. The normalized spacial score (nSPS) is 15.4. The maximum atomic E-state index is 12.6. The molecule has 3 aromatic rings. The van der Waals surface area contributed by atoms with Crippen molar-refractivity contribution in [3.8, 4) is 11.8 Å². The zero-order chi connectivity index (χ0) is 24.1. The van der Waals surface area contributed by atoms with Crippen molar-refractivity contribution in [1.82, 2.24) is 15.2 Å². The number of carbonyl (C=O) groups excluding carboxylic acids is 1. The van der Waals surface area contributed by atoms with Crippen LogP contribution in [-0.2, 0) is 24.2 Å². The van der Waals surface area contributed by atoms with Gasteiger partial charge in [-0.25, -0.2) is 4.98 Å². The van der Waals surface area contributed by atoms with Crippen molar-refractivity contribution >= 4 is 34.0 Å². The Hall–Kier alpha value is -2.83. The molecule has 0 saturated carbocycles. The number of thioether (sulfide) groups is 1. The van der Waals surface area contributed by atoms with Gasteiger partial charge in [0, 0.05) is 4.88 Å². The summed E-state index contributed by atoms with van der Waals surface area (Å²) in [6.07, 6.45) is 4.10. The van der Waals surface area contributed by atoms with Crippen LogP contribution in [0.1, 0.15) is 55.4 Å². The summed E-state index contributed by atoms with van der Waals surface area (Å²) in [6, 6.07) is 11.8. The minimum absolute atomic E-state index is 0.162. The summed E-state index contributed by atoms with van der Waals surface area (Å²) in [5.74, 6) is 1.94. The molecule has 1 aromatic carbocycles. The molecule has 1 aliphatic carbocycles. The van der Waals surface area contributed by atoms with Crippen molar-refractivity contribution in [2.45, 2.75) is 58.2 Å². The van der Waals surface area contributed by atoms with Gasteiger partial charge in [0.1, 0.15) is 23.4 Å². The zero-order valence-corrected chi connectivity index (χ0v) is 21.3. The topological polar surface area (TPSA) is 104 Å². The van der Waals surface area contributed by atoms with E-state index >= 15 is 0 Å². The van der Waals surface area contributed by atoms with Gasteiger partial charge in [0.15, 0.2) is 5.82 Å². The Balaban J connectivity index is 1.32. The van der Waals surface area contributed by atoms with Crippen LogP contribution in [0.25, 0.3) is 0 Å². The van der Waals surface area contributed by atoms with Crippen LogP contribution in [0.2, 0.25) is 0 Å². The van der Waals surface area contributed by atoms with E-state index in [0.717, 1.165) is 37.0 Å². The second-order valence-electron chi connectivity index (χ2n) is 9.10. The fourth-order valence-electron chi connectivity index (χ4n) is 4.12. The molecule has 7 nitrogen and oxygen atoms in total. The van der Waals surface area contributed by atoms with E-state index < -0.39 is 0 Å². The van der Waals surface area contributed by atoms with Crippen LogP contribution in [0, 0.1) is 22.7 Å². The number of hydrogen-bond acceptors (Lipinski definition) is 7. The van der Waals surface area contributed by atoms with Crippen molar-refractivity contribution in [3.05, 3.63) is 52.2 Å². The molecule has 1 aliphatic rings. The van der Waals surface area contributed by atoms with E-state index in [2.05, 4.69) is 47.3 Å². The third-order valence-corrected chi connectivity index (χ3v) is 8.63. The first-order chi connectivity index (χ1) is 16.4. The van der Waals surface area contributed by atoms with Gasteiger partial charge in [0.2, 0.25) is 11.1 Å². The lowest BCUT2D eigenvalue weighted by Crippen LogP contribution is -2.28. The van der Waals surface area contributed by atoms with E-state index in [1.807, 2.05) is 30.3 Å². The van der Waals surface area contributed by atoms with Gasteiger partial charge in [-0.05, 0) is 48.3 Å². The fraction of sp³-hybridized carbons (Fsp3) is 0.440. The molecular weight excluding hydrogens is 466 g/mol. The first-order valence-electron chi connectivity index (χ1n) is 11.5. The van der Waals surface area contributed by atoms with Crippen LogP contribution in [0.4, 0.5) is 5.00 Å². The summed E-state index contributed by atoms with van der Waals surface area (Å²) >= 11 is 2.80. The average molecular weight is 496 g/mol. The lowest BCUT2D eigenvalue weighted by atomic mass is 9.69. The van der Waals surface area contributed by atoms with Gasteiger partial charge in [-0.1, -0.05) is 57.2 Å². The van der Waals surface area contributed by atoms with Crippen LogP contribution in [0.3, 0.4) is 0 Å². The van der Waals surface area contributed by atoms with Crippen LogP contribution in [0.5, 0.6) is 5.75 Å². The van der Waals surface area contributed by atoms with Gasteiger partial charge < -0.3 is 10.1 Å². The molecule has 2 N–H and O–H groups in total. The highest BCUT2D eigenvalue weighted by molar-refractivity contribution is 7.99. The number of para-hydroxylation sites is 1. The number of hydrogen-bond donors (Lipinski definition) is 2. The molecule has 2 aromatic heterocycles. The van der Waals surface area contributed by atoms with E-state index in [4.69, 9.17) is 4.74 Å². The molecule has 1 amide bonds. The third kappa shape index (κ3) is 5.62. The molecule has 0 bridgehead atoms. The van der Waals surface area contributed by atoms with Gasteiger partial charge in [0.05, 0.1) is 11.3 Å². The Labute approximate surface area is 208 Å². The maximum absolute atomic E-state index is 12.6. The monoisotopic (exact) mass is 495 g/mol. The van der Waals surface area contributed by atoms with Crippen molar-refractivity contribution in [3.63, 3.8) is 0 Å². The van der Waals surface area contributed by atoms with Gasteiger partial charge >= 0.3 is 0 Å². The summed E-state index contributed by atoms with van der Waals surface area (Å²) in [5.41, 5.74) is 2.02. The summed E-state index contributed by atoms with van der Waals surface area (Å²) < 4.78 is 5.66. The number of benzene rings is 1. The Morgan fingerprint density at radius 1 is 1.38 bits per heavy atom. The number of ether oxygens (including phenoxy) is 1. The first kappa shape index (κ1) is 24.3. The second-order valence-corrected chi connectivity index (χ2v) is 11.2. The predicted octanol–water partition coefficient (Wildman–Crippen LogP) is 5.59. The molecule has 2 heterocycles. The highest BCUT2D eigenvalue weighted by atomic mass is 32.2. The van der Waals surface area contributed by atoms with E-state index in [1.54, 1.807) is 11.3 Å². The fourth-order valence-corrected chi connectivity index (χ4v) is 6.03. The molecule has 0 radical (unpaired) electrons. The molecule has 0 unspecified atom stereocenters. The number of carbonyl (C=O) groups is 1. The second kappa shape index (κ2) is 10.6. The number of rotatable bonds is 9. The molecule has 9 heteroatoms. The van der Waals surface area contributed by atoms with Gasteiger partial charge in [-0.3, -0.25) is 9.89 Å². The van der Waals surface area contributed by atoms with E-state index in [1.165, 1.54) is 16.6 Å². The standard InChI is InChI=1S/C25H29N5O2S2/c1-4-25(2,3)16-10-11-18-19(13-26)23(34-20(18)12-16)28-22(31)15-33-24-27-21(29-30-24)14-32-17-8-6-5-7-9-17/h5-9,16H,4,10-12,14-15H2,1-3H3,(H,28,31)(H,27,29,30)/t16-/m1/s1. The number of fused-ring (bicyclic) bond motifs is 1. The number of nitriles is 1. The van der Waals surface area contributed by atoms with Crippen molar-refractivity contribution in [2.75, 3.05) is 11.1 Å². The van der Waals surface area contributed by atoms with Gasteiger partial charge in [-0.2, -0.15) is 5.26 Å². The van der Waals surface area contributed by atoms with E-state index in [9.17, 15) is 10.1 Å². The molecule has 1 atom stereocenters. The highest BCUT2D eigenvalue weighted by Gasteiger charge is 2.34. The number of aromatic amines is 1. The largest absolute Gasteiger partial charge is 0.486 e. The van der Waals surface area contributed by atoms with Crippen LogP contribution >= 0.6 is 23.1 Å². The van der Waals surface area contributed by atoms with Crippen molar-refractivity contribution < 1.29 is 9.53 Å². The lowest BCUT2D eigenvalue weighted by Gasteiger charge is -2.36. The van der Waals surface area contributed by atoms with Crippen LogP contribution in [-0.4, -0.2) is 26.8 Å². The molecule has 0 aliphatic heterocycles. The number of thiophene rings is 1. The molecule has 34 heavy (non-hydrogen) atoms. The molecule has 0 fully saturated rings. The Kier molecular flexibility index (Phi) is 7.59. The smallest absolute Gasteiger partial charge is 0.235 e. The van der Waals surface area contributed by atoms with E-state index in [-0.39, 0.29) is 23.7 Å². The molecule has 4 rings (SSSR count). The molecule has 178 valence electrons. The minimum Gasteiger partial charge on any atom is -0.486 e. The summed E-state index contributed by atoms with van der Waals surface area (Å²) in [6.45, 7) is 7.15. The zero-order valence-electron chi connectivity index (χ0n) is 19.7. The number of amides is 1. The van der Waals surface area contributed by atoms with Crippen LogP contribution < -0.4 is 10.1 Å². The molecular formula is C25H29N5O2S2. The lowest BCUT2D eigenvalue weighted by molar-refractivity contribution is -0.113. The SMILES string of the molecule is CCC(C)(C)[C@@H]1CCc2c(sc(NC(=O)CSc3n[nH]c(COc4ccccc4)n3)c2C#N)C1. The van der Waals surface area contributed by atoms with Crippen molar-refractivity contribution in [1.29, 1.82) is 5.26 Å². The number of H-pyrrole nitrogens is 1. The summed E-state index contributed by atoms with van der Waals surface area (Å²) in [4.78, 5) is 18.2. The van der Waals surface area contributed by atoms with Crippen molar-refractivity contribution in [2.24, 2.45) is 11.3 Å². The minimum atomic E-state index is -0.169. The molecule has 0 spiro atoms. The number of nitrogens with zero attached hydrogens (tertiary/aromatic N) is 3. The Bertz CT molecular complexity index is 1180. The summed E-state index contributed by atoms with van der Waals surface area (Å²) in [5, 5.41) is 20.9. The van der Waals surface area contributed by atoms with Gasteiger partial charge in [0.25, 0.3) is 0 Å². The number of anilines is 1.